The summed E-state index contributed by atoms with van der Waals surface area (Å²) in [4.78, 5) is 0.115. The minimum absolute atomic E-state index is 0.0486. The van der Waals surface area contributed by atoms with Gasteiger partial charge in [0.15, 0.2) is 11.5 Å². The highest BCUT2D eigenvalue weighted by Gasteiger charge is 2.21. The van der Waals surface area contributed by atoms with E-state index in [9.17, 15) is 8.42 Å². The number of nitrogens with one attached hydrogen (secondary N) is 1. The van der Waals surface area contributed by atoms with E-state index in [2.05, 4.69) is 20.0 Å². The van der Waals surface area contributed by atoms with Crippen LogP contribution in [0.3, 0.4) is 0 Å². The Morgan fingerprint density at radius 1 is 1.00 bits per heavy atom. The molecular formula is C25H29N5O5S. The summed E-state index contributed by atoms with van der Waals surface area (Å²) >= 11 is 0. The molecule has 36 heavy (non-hydrogen) atoms. The summed E-state index contributed by atoms with van der Waals surface area (Å²) in [7, 11) is -2.20. The zero-order chi connectivity index (χ0) is 25.7. The van der Waals surface area contributed by atoms with Crippen LogP contribution in [0.2, 0.25) is 0 Å². The zero-order valence-electron chi connectivity index (χ0n) is 20.6. The lowest BCUT2D eigenvalue weighted by Gasteiger charge is -2.15. The first-order chi connectivity index (χ1) is 17.3. The Labute approximate surface area is 210 Å². The van der Waals surface area contributed by atoms with Gasteiger partial charge in [0.1, 0.15) is 23.0 Å². The van der Waals surface area contributed by atoms with Crippen molar-refractivity contribution in [3.8, 4) is 28.8 Å². The van der Waals surface area contributed by atoms with Crippen molar-refractivity contribution >= 4 is 15.7 Å². The average molecular weight is 512 g/mol. The van der Waals surface area contributed by atoms with Gasteiger partial charge in [-0.25, -0.2) is 13.1 Å². The number of nitrogens with zero attached hydrogens (tertiary/aromatic N) is 4. The van der Waals surface area contributed by atoms with Crippen molar-refractivity contribution in [2.24, 2.45) is 0 Å². The van der Waals surface area contributed by atoms with Crippen LogP contribution in [0.25, 0.3) is 17.0 Å². The highest BCUT2D eigenvalue weighted by atomic mass is 32.2. The molecule has 190 valence electrons. The second-order valence-corrected chi connectivity index (χ2v) is 9.97. The first kappa shape index (κ1) is 25.4. The maximum Gasteiger partial charge on any atom is 0.244 e. The number of hydrogen-bond donors (Lipinski definition) is 1. The number of rotatable bonds is 11. The number of hydrogen-bond acceptors (Lipinski definition) is 8. The van der Waals surface area contributed by atoms with E-state index in [0.717, 1.165) is 16.9 Å². The van der Waals surface area contributed by atoms with Gasteiger partial charge in [0, 0.05) is 18.2 Å². The molecule has 2 heterocycles. The zero-order valence-corrected chi connectivity index (χ0v) is 21.4. The molecule has 0 unspecified atom stereocenters. The highest BCUT2D eigenvalue weighted by Crippen LogP contribution is 2.28. The summed E-state index contributed by atoms with van der Waals surface area (Å²) in [6.45, 7) is 6.31. The summed E-state index contributed by atoms with van der Waals surface area (Å²) < 4.78 is 46.6. The normalized spacial score (nSPS) is 11.7. The van der Waals surface area contributed by atoms with Crippen molar-refractivity contribution in [2.45, 2.75) is 31.6 Å². The molecule has 0 aliphatic carbocycles. The van der Waals surface area contributed by atoms with Gasteiger partial charge < -0.3 is 14.2 Å². The van der Waals surface area contributed by atoms with E-state index >= 15 is 0 Å². The van der Waals surface area contributed by atoms with Crippen LogP contribution in [0, 0.1) is 0 Å². The van der Waals surface area contributed by atoms with Crippen LogP contribution in [0.15, 0.2) is 59.5 Å². The van der Waals surface area contributed by atoms with E-state index in [-0.39, 0.29) is 24.0 Å². The Morgan fingerprint density at radius 3 is 2.47 bits per heavy atom. The third-order valence-corrected chi connectivity index (χ3v) is 6.94. The number of methoxy groups -OCH3 is 1. The lowest BCUT2D eigenvalue weighted by atomic mass is 10.0. The van der Waals surface area contributed by atoms with E-state index in [0.29, 0.717) is 29.7 Å². The average Bonchev–Trinajstić information content (AvgIpc) is 3.30. The maximum atomic E-state index is 13.0. The van der Waals surface area contributed by atoms with Crippen LogP contribution in [-0.4, -0.2) is 55.1 Å². The van der Waals surface area contributed by atoms with Gasteiger partial charge in [0.05, 0.1) is 13.7 Å². The van der Waals surface area contributed by atoms with Gasteiger partial charge in [-0.1, -0.05) is 19.9 Å². The molecule has 0 aliphatic heterocycles. The van der Waals surface area contributed by atoms with Crippen molar-refractivity contribution in [3.63, 3.8) is 0 Å². The topological polar surface area (TPSA) is 117 Å². The molecule has 4 rings (SSSR count). The lowest BCUT2D eigenvalue weighted by Crippen LogP contribution is -2.29. The minimum Gasteiger partial charge on any atom is -0.497 e. The van der Waals surface area contributed by atoms with Gasteiger partial charge in [-0.15, -0.1) is 15.3 Å². The second kappa shape index (κ2) is 10.9. The molecule has 0 atom stereocenters. The summed E-state index contributed by atoms with van der Waals surface area (Å²) in [5.41, 5.74) is 2.28. The molecule has 0 bridgehead atoms. The molecule has 0 amide bonds. The maximum absolute atomic E-state index is 13.0. The number of aromatic nitrogens is 4. The quantitative estimate of drug-likeness (QED) is 0.303. The molecule has 0 spiro atoms. The number of ether oxygens (including phenoxy) is 3. The van der Waals surface area contributed by atoms with E-state index in [1.165, 1.54) is 0 Å². The molecule has 0 radical (unpaired) electrons. The van der Waals surface area contributed by atoms with Gasteiger partial charge >= 0.3 is 0 Å². The molecular weight excluding hydrogens is 482 g/mol. The molecule has 1 N–H and O–H groups in total. The predicted octanol–water partition coefficient (Wildman–Crippen LogP) is 3.68. The predicted molar refractivity (Wildman–Crippen MR) is 135 cm³/mol. The Hall–Kier alpha value is -3.70. The molecule has 4 aromatic rings. The number of benzene rings is 2. The summed E-state index contributed by atoms with van der Waals surface area (Å²) in [6, 6.07) is 16.0. The molecule has 0 fully saturated rings. The third-order valence-electron chi connectivity index (χ3n) is 5.45. The van der Waals surface area contributed by atoms with Gasteiger partial charge in [-0.05, 0) is 60.9 Å². The van der Waals surface area contributed by atoms with Crippen LogP contribution in [0.5, 0.6) is 17.4 Å². The Bertz CT molecular complexity index is 1440. The van der Waals surface area contributed by atoms with Crippen LogP contribution in [0.1, 0.15) is 32.3 Å². The molecule has 2 aromatic heterocycles. The monoisotopic (exact) mass is 511 g/mol. The summed E-state index contributed by atoms with van der Waals surface area (Å²) in [6.07, 6.45) is 0. The Morgan fingerprint density at radius 2 is 1.78 bits per heavy atom. The van der Waals surface area contributed by atoms with Crippen molar-refractivity contribution in [1.29, 1.82) is 0 Å². The van der Waals surface area contributed by atoms with Crippen molar-refractivity contribution in [2.75, 3.05) is 26.9 Å². The third kappa shape index (κ3) is 5.58. The smallest absolute Gasteiger partial charge is 0.244 e. The second-order valence-electron chi connectivity index (χ2n) is 8.23. The van der Waals surface area contributed by atoms with E-state index in [1.807, 2.05) is 51.1 Å². The van der Waals surface area contributed by atoms with Crippen LogP contribution in [0.4, 0.5) is 0 Å². The summed E-state index contributed by atoms with van der Waals surface area (Å²) in [5.74, 6) is 2.09. The molecule has 10 nitrogen and oxygen atoms in total. The number of sulfonamides is 1. The van der Waals surface area contributed by atoms with Crippen molar-refractivity contribution in [3.05, 3.63) is 60.2 Å². The van der Waals surface area contributed by atoms with Crippen LogP contribution < -0.4 is 18.9 Å². The van der Waals surface area contributed by atoms with Gasteiger partial charge in [0.25, 0.3) is 0 Å². The van der Waals surface area contributed by atoms with E-state index in [4.69, 9.17) is 14.2 Å². The van der Waals surface area contributed by atoms with Gasteiger partial charge in [0.2, 0.25) is 15.9 Å². The van der Waals surface area contributed by atoms with E-state index in [1.54, 1.807) is 35.9 Å². The highest BCUT2D eigenvalue weighted by molar-refractivity contribution is 7.89. The molecule has 2 aromatic carbocycles. The minimum atomic E-state index is -3.81. The SMILES string of the molecule is CCOc1ccc(C(C)C)cc1S(=O)(=O)NCCOc1ccc2nnc(-c3ccc(OC)cc3)n2n1. The molecule has 0 saturated heterocycles. The fourth-order valence-corrected chi connectivity index (χ4v) is 4.74. The van der Waals surface area contributed by atoms with Crippen molar-refractivity contribution < 1.29 is 22.6 Å². The lowest BCUT2D eigenvalue weighted by molar-refractivity contribution is 0.305. The fourth-order valence-electron chi connectivity index (χ4n) is 3.55. The fraction of sp³-hybridized carbons (Fsp3) is 0.320. The largest absolute Gasteiger partial charge is 0.497 e. The molecule has 0 saturated carbocycles. The molecule has 11 heteroatoms. The number of fused-ring (bicyclic) bond motifs is 1. The van der Waals surface area contributed by atoms with Gasteiger partial charge in [-0.3, -0.25) is 0 Å². The van der Waals surface area contributed by atoms with Crippen LogP contribution >= 0.6 is 0 Å². The van der Waals surface area contributed by atoms with E-state index < -0.39 is 10.0 Å². The van der Waals surface area contributed by atoms with Crippen LogP contribution in [-0.2, 0) is 10.0 Å². The van der Waals surface area contributed by atoms with Gasteiger partial charge in [-0.2, -0.15) is 4.52 Å². The first-order valence-electron chi connectivity index (χ1n) is 11.6. The standard InChI is InChI=1S/C25H29N5O5S/c1-5-34-21-11-8-19(17(2)3)16-22(21)36(31,32)26-14-15-35-24-13-12-23-27-28-25(30(23)29-24)18-6-9-20(33-4)10-7-18/h6-13,16-17,26H,5,14-15H2,1-4H3. The van der Waals surface area contributed by atoms with Crippen molar-refractivity contribution in [1.82, 2.24) is 24.5 Å². The summed E-state index contributed by atoms with van der Waals surface area (Å²) in [5, 5.41) is 12.8. The molecule has 0 aliphatic rings. The Balaban J connectivity index is 1.45. The first-order valence-corrected chi connectivity index (χ1v) is 13.1. The Kier molecular flexibility index (Phi) is 7.70.